The molecule has 130 valence electrons. The van der Waals surface area contributed by atoms with Gasteiger partial charge in [0.05, 0.1) is 6.61 Å². The van der Waals surface area contributed by atoms with Crippen LogP contribution in [-0.2, 0) is 18.7 Å². The molecule has 1 saturated heterocycles. The van der Waals surface area contributed by atoms with Gasteiger partial charge < -0.3 is 19.0 Å². The van der Waals surface area contributed by atoms with E-state index >= 15 is 0 Å². The highest BCUT2D eigenvalue weighted by Gasteiger charge is 2.56. The maximum Gasteiger partial charge on any atom is 0.355 e. The van der Waals surface area contributed by atoms with Gasteiger partial charge in [-0.15, -0.1) is 0 Å². The van der Waals surface area contributed by atoms with Crippen LogP contribution in [0.15, 0.2) is 0 Å². The molecule has 1 heterocycles. The van der Waals surface area contributed by atoms with Crippen molar-refractivity contribution in [2.75, 3.05) is 6.61 Å². The fourth-order valence-electron chi connectivity index (χ4n) is 1.86. The fraction of sp³-hybridized carbons (Fsp3) is 0.929. The first-order chi connectivity index (χ1) is 9.60. The zero-order valence-corrected chi connectivity index (χ0v) is 16.8. The molecule has 0 spiro atoms. The van der Waals surface area contributed by atoms with Crippen LogP contribution in [0.5, 0.6) is 0 Å². The second-order valence-electron chi connectivity index (χ2n) is 7.59. The van der Waals surface area contributed by atoms with Crippen molar-refractivity contribution in [2.24, 2.45) is 0 Å². The molecule has 1 unspecified atom stereocenters. The van der Waals surface area contributed by atoms with Crippen LogP contribution >= 0.6 is 15.9 Å². The number of alkyl halides is 2. The van der Waals surface area contributed by atoms with Crippen LogP contribution in [0.1, 0.15) is 34.6 Å². The zero-order chi connectivity index (χ0) is 17.6. The third-order valence-corrected chi connectivity index (χ3v) is 9.48. The Morgan fingerprint density at radius 2 is 1.95 bits per heavy atom. The molecule has 0 aromatic carbocycles. The summed E-state index contributed by atoms with van der Waals surface area (Å²) in [6.45, 7) is 13.4. The quantitative estimate of drug-likeness (QED) is 0.563. The maximum atomic E-state index is 14.8. The van der Waals surface area contributed by atoms with Gasteiger partial charge in [0, 0.05) is 0 Å². The predicted octanol–water partition coefficient (Wildman–Crippen LogP) is 3.67. The highest BCUT2D eigenvalue weighted by Crippen LogP contribution is 2.43. The van der Waals surface area contributed by atoms with Gasteiger partial charge in [-0.2, -0.15) is 0 Å². The molecule has 0 saturated carbocycles. The van der Waals surface area contributed by atoms with Crippen LogP contribution in [-0.4, -0.2) is 48.6 Å². The molecule has 1 aliphatic heterocycles. The van der Waals surface area contributed by atoms with Crippen LogP contribution in [0.4, 0.5) is 4.39 Å². The van der Waals surface area contributed by atoms with E-state index in [-0.39, 0.29) is 11.6 Å². The number of hydrogen-bond acceptors (Lipinski definition) is 4. The van der Waals surface area contributed by atoms with Crippen molar-refractivity contribution in [1.29, 1.82) is 0 Å². The lowest BCUT2D eigenvalue weighted by Gasteiger charge is -2.42. The Morgan fingerprint density at radius 1 is 1.45 bits per heavy atom. The molecule has 0 aliphatic carbocycles. The predicted molar refractivity (Wildman–Crippen MR) is 87.4 cm³/mol. The molecule has 5 nitrogen and oxygen atoms in total. The first-order valence-electron chi connectivity index (χ1n) is 7.21. The van der Waals surface area contributed by atoms with E-state index < -0.39 is 36.9 Å². The van der Waals surface area contributed by atoms with E-state index in [1.165, 1.54) is 0 Å². The van der Waals surface area contributed by atoms with Gasteiger partial charge in [-0.05, 0) is 47.9 Å². The van der Waals surface area contributed by atoms with Crippen molar-refractivity contribution in [3.05, 3.63) is 0 Å². The number of halogens is 2. The van der Waals surface area contributed by atoms with Gasteiger partial charge in [0.1, 0.15) is 12.2 Å². The Morgan fingerprint density at radius 3 is 2.27 bits per heavy atom. The average Bonchev–Trinajstić information content (AvgIpc) is 2.64. The third kappa shape index (κ3) is 4.28. The Balaban J connectivity index is 3.12. The molecule has 1 aliphatic rings. The molecule has 0 aromatic rings. The Kier molecular flexibility index (Phi) is 5.57. The SMILES string of the molecule is CC1(C)OCC([C@@H](O[Si](C)(C)C(C)(C)C)[C@](F)(Br)C(=O)O)O1. The van der Waals surface area contributed by atoms with E-state index in [1.807, 2.05) is 33.9 Å². The van der Waals surface area contributed by atoms with Gasteiger partial charge >= 0.3 is 5.97 Å². The first kappa shape index (κ1) is 20.0. The first-order valence-corrected chi connectivity index (χ1v) is 10.9. The van der Waals surface area contributed by atoms with E-state index in [0.29, 0.717) is 0 Å². The number of aliphatic carboxylic acids is 1. The topological polar surface area (TPSA) is 65.0 Å². The van der Waals surface area contributed by atoms with E-state index in [0.717, 1.165) is 0 Å². The van der Waals surface area contributed by atoms with E-state index in [2.05, 4.69) is 15.9 Å². The molecular weight excluding hydrogens is 375 g/mol. The van der Waals surface area contributed by atoms with Crippen molar-refractivity contribution in [1.82, 2.24) is 0 Å². The van der Waals surface area contributed by atoms with Crippen LogP contribution in [0.25, 0.3) is 0 Å². The largest absolute Gasteiger partial charge is 0.478 e. The molecule has 0 amide bonds. The Bertz CT molecular complexity index is 433. The molecule has 1 rings (SSSR count). The molecule has 3 atom stereocenters. The number of hydrogen-bond donors (Lipinski definition) is 1. The number of carboxylic acid groups (broad SMARTS) is 1. The third-order valence-electron chi connectivity index (χ3n) is 4.24. The number of carbonyl (C=O) groups is 1. The fourth-order valence-corrected chi connectivity index (χ4v) is 3.73. The summed E-state index contributed by atoms with van der Waals surface area (Å²) >= 11 is 2.68. The van der Waals surface area contributed by atoms with Gasteiger partial charge in [-0.25, -0.2) is 9.18 Å². The minimum atomic E-state index is -2.74. The van der Waals surface area contributed by atoms with Gasteiger partial charge in [0.25, 0.3) is 4.58 Å². The smallest absolute Gasteiger partial charge is 0.355 e. The summed E-state index contributed by atoms with van der Waals surface area (Å²) in [4.78, 5) is 11.3. The molecule has 22 heavy (non-hydrogen) atoms. The normalized spacial score (nSPS) is 26.5. The van der Waals surface area contributed by atoms with Crippen molar-refractivity contribution in [3.63, 3.8) is 0 Å². The number of rotatable bonds is 5. The highest BCUT2D eigenvalue weighted by atomic mass is 79.9. The summed E-state index contributed by atoms with van der Waals surface area (Å²) in [6, 6.07) is 0. The Labute approximate surface area is 140 Å². The number of carboxylic acids is 1. The van der Waals surface area contributed by atoms with Crippen molar-refractivity contribution in [2.45, 2.75) is 75.3 Å². The van der Waals surface area contributed by atoms with E-state index in [9.17, 15) is 14.3 Å². The minimum Gasteiger partial charge on any atom is -0.478 e. The summed E-state index contributed by atoms with van der Waals surface area (Å²) in [7, 11) is -2.41. The second kappa shape index (κ2) is 6.12. The summed E-state index contributed by atoms with van der Waals surface area (Å²) in [6.07, 6.45) is -2.10. The van der Waals surface area contributed by atoms with Gasteiger partial charge in [0.15, 0.2) is 14.1 Å². The maximum absolute atomic E-state index is 14.8. The number of ether oxygens (including phenoxy) is 2. The zero-order valence-electron chi connectivity index (χ0n) is 14.2. The molecule has 1 N–H and O–H groups in total. The molecule has 1 fully saturated rings. The average molecular weight is 401 g/mol. The molecule has 0 radical (unpaired) electrons. The molecule has 0 aromatic heterocycles. The molecular formula is C14H26BrFO5Si. The van der Waals surface area contributed by atoms with Crippen molar-refractivity contribution >= 4 is 30.2 Å². The standard InChI is InChI=1S/C14H26BrFO5Si/c1-12(2,3)22(6,7)21-10(14(15,16)11(17)18)9-8-19-13(4,5)20-9/h9-10H,8H2,1-7H3,(H,17,18)/t9?,10-,14-/m1/s1. The lowest BCUT2D eigenvalue weighted by Crippen LogP contribution is -2.56. The summed E-state index contributed by atoms with van der Waals surface area (Å²) in [5.74, 6) is -2.52. The summed E-state index contributed by atoms with van der Waals surface area (Å²) in [5, 5.41) is 9.03. The second-order valence-corrected chi connectivity index (χ2v) is 13.5. The van der Waals surface area contributed by atoms with Gasteiger partial charge in [0.2, 0.25) is 0 Å². The van der Waals surface area contributed by atoms with Gasteiger partial charge in [-0.3, -0.25) is 0 Å². The lowest BCUT2D eigenvalue weighted by atomic mass is 10.1. The lowest BCUT2D eigenvalue weighted by molar-refractivity contribution is -0.168. The van der Waals surface area contributed by atoms with Crippen molar-refractivity contribution < 1.29 is 28.2 Å². The van der Waals surface area contributed by atoms with Crippen LogP contribution in [0.3, 0.4) is 0 Å². The van der Waals surface area contributed by atoms with Crippen LogP contribution < -0.4 is 0 Å². The van der Waals surface area contributed by atoms with Crippen LogP contribution in [0, 0.1) is 0 Å². The monoisotopic (exact) mass is 400 g/mol. The summed E-state index contributed by atoms with van der Waals surface area (Å²) < 4.78 is 29.2. The van der Waals surface area contributed by atoms with Crippen LogP contribution in [0.2, 0.25) is 18.1 Å². The molecule has 8 heteroatoms. The highest BCUT2D eigenvalue weighted by molar-refractivity contribution is 9.10. The minimum absolute atomic E-state index is 0.0802. The van der Waals surface area contributed by atoms with E-state index in [4.69, 9.17) is 13.9 Å². The summed E-state index contributed by atoms with van der Waals surface area (Å²) in [5.41, 5.74) is 0. The van der Waals surface area contributed by atoms with Crippen molar-refractivity contribution in [3.8, 4) is 0 Å². The Hall–Kier alpha value is -0.0231. The van der Waals surface area contributed by atoms with Gasteiger partial charge in [-0.1, -0.05) is 20.8 Å². The van der Waals surface area contributed by atoms with E-state index in [1.54, 1.807) is 13.8 Å². The molecule has 0 bridgehead atoms.